The smallest absolute Gasteiger partial charge is 0.460 e. The zero-order chi connectivity index (χ0) is 38.4. The molecule has 0 aliphatic rings. The predicted octanol–water partition coefficient (Wildman–Crippen LogP) is 10.4. The first-order chi connectivity index (χ1) is 24.6. The van der Waals surface area contributed by atoms with Crippen LogP contribution >= 0.6 is 0 Å². The molecule has 1 atom stereocenters. The van der Waals surface area contributed by atoms with Crippen LogP contribution in [0.25, 0.3) is 11.1 Å². The summed E-state index contributed by atoms with van der Waals surface area (Å²) in [6, 6.07) is 20.0. The number of unbranched alkanes of at least 4 members (excludes halogenated alkanes) is 6. The van der Waals surface area contributed by atoms with Crippen molar-refractivity contribution in [3.05, 3.63) is 83.9 Å². The van der Waals surface area contributed by atoms with Crippen LogP contribution in [0.3, 0.4) is 0 Å². The van der Waals surface area contributed by atoms with Crippen molar-refractivity contribution < 1.29 is 64.1 Å². The minimum absolute atomic E-state index is 0.0193. The van der Waals surface area contributed by atoms with Crippen LogP contribution in [0.5, 0.6) is 11.5 Å². The molecule has 52 heavy (non-hydrogen) atoms. The molecular formula is C38H41F7O7. The van der Waals surface area contributed by atoms with E-state index in [4.69, 9.17) is 14.2 Å². The summed E-state index contributed by atoms with van der Waals surface area (Å²) in [7, 11) is 0. The van der Waals surface area contributed by atoms with E-state index in [1.54, 1.807) is 48.5 Å². The average molecular weight is 743 g/mol. The van der Waals surface area contributed by atoms with E-state index in [9.17, 15) is 45.1 Å². The van der Waals surface area contributed by atoms with Crippen molar-refractivity contribution in [2.24, 2.45) is 0 Å². The van der Waals surface area contributed by atoms with Gasteiger partial charge in [-0.3, -0.25) is 0 Å². The minimum Gasteiger partial charge on any atom is -0.494 e. The normalized spacial score (nSPS) is 12.6. The van der Waals surface area contributed by atoms with E-state index in [1.807, 2.05) is 19.1 Å². The quantitative estimate of drug-likeness (QED) is 0.0493. The first-order valence-electron chi connectivity index (χ1n) is 16.9. The van der Waals surface area contributed by atoms with E-state index in [0.29, 0.717) is 36.1 Å². The Morgan fingerprint density at radius 2 is 1.12 bits per heavy atom. The predicted molar refractivity (Wildman–Crippen MR) is 178 cm³/mol. The molecule has 0 aliphatic carbocycles. The molecular weight excluding hydrogens is 701 g/mol. The highest BCUT2D eigenvalue weighted by Gasteiger charge is 2.77. The van der Waals surface area contributed by atoms with E-state index < -0.39 is 42.5 Å². The Morgan fingerprint density at radius 3 is 1.69 bits per heavy atom. The van der Waals surface area contributed by atoms with Gasteiger partial charge in [-0.05, 0) is 105 Å². The molecule has 1 unspecified atom stereocenters. The molecule has 0 aromatic heterocycles. The number of esters is 3. The molecule has 0 amide bonds. The lowest BCUT2D eigenvalue weighted by Gasteiger charge is -2.26. The molecule has 0 saturated heterocycles. The lowest BCUT2D eigenvalue weighted by atomic mass is 10.0. The monoisotopic (exact) mass is 742 g/mol. The fourth-order valence-electron chi connectivity index (χ4n) is 4.85. The summed E-state index contributed by atoms with van der Waals surface area (Å²) in [5.74, 6) is -15.7. The van der Waals surface area contributed by atoms with Gasteiger partial charge in [-0.2, -0.15) is 30.7 Å². The van der Waals surface area contributed by atoms with Crippen LogP contribution in [0.2, 0.25) is 0 Å². The topological polar surface area (TPSA) is 88.1 Å². The number of ether oxygens (including phenoxy) is 4. The maximum atomic E-state index is 13.3. The summed E-state index contributed by atoms with van der Waals surface area (Å²) in [6.07, 6.45) is -0.313. The second kappa shape index (κ2) is 19.3. The Bertz CT molecular complexity index is 1570. The van der Waals surface area contributed by atoms with Crippen molar-refractivity contribution in [3.63, 3.8) is 0 Å². The Labute approximate surface area is 297 Å². The van der Waals surface area contributed by atoms with Gasteiger partial charge >= 0.3 is 35.9 Å². The third kappa shape index (κ3) is 12.0. The summed E-state index contributed by atoms with van der Waals surface area (Å²) < 4.78 is 109. The summed E-state index contributed by atoms with van der Waals surface area (Å²) in [5, 5.41) is 0. The van der Waals surface area contributed by atoms with Crippen molar-refractivity contribution in [1.82, 2.24) is 0 Å². The lowest BCUT2D eigenvalue weighted by Crippen LogP contribution is -2.56. The number of carbonyl (C=O) groups is 3. The van der Waals surface area contributed by atoms with Crippen LogP contribution in [0.15, 0.2) is 72.8 Å². The van der Waals surface area contributed by atoms with E-state index in [-0.39, 0.29) is 24.9 Å². The van der Waals surface area contributed by atoms with E-state index >= 15 is 0 Å². The number of rotatable bonds is 20. The van der Waals surface area contributed by atoms with Gasteiger partial charge in [-0.25, -0.2) is 14.4 Å². The standard InChI is InChI=1S/C38H41F7O7/c1-3-4-5-8-11-26(2)51-33(46)30-18-22-32(23-19-30)52-34(47)29-14-12-27(13-15-29)28-16-20-31(21-17-28)49-24-9-6-7-10-25-50-35(48)36(39,40)37(41,42)38(43,44)45/h12-23,26H,3-11,24-25H2,1-2H3. The summed E-state index contributed by atoms with van der Waals surface area (Å²) in [4.78, 5) is 36.3. The zero-order valence-corrected chi connectivity index (χ0v) is 28.8. The van der Waals surface area contributed by atoms with Crippen molar-refractivity contribution in [3.8, 4) is 22.6 Å². The minimum atomic E-state index is -6.61. The van der Waals surface area contributed by atoms with Gasteiger partial charge in [0.25, 0.3) is 0 Å². The maximum Gasteiger partial charge on any atom is 0.460 e. The molecule has 3 aromatic rings. The number of halogens is 7. The fraction of sp³-hybridized carbons (Fsp3) is 0.447. The number of carbonyl (C=O) groups excluding carboxylic acids is 3. The van der Waals surface area contributed by atoms with Gasteiger partial charge < -0.3 is 18.9 Å². The molecule has 3 rings (SSSR count). The third-order valence-electron chi connectivity index (χ3n) is 7.93. The highest BCUT2D eigenvalue weighted by molar-refractivity contribution is 5.92. The van der Waals surface area contributed by atoms with Crippen LogP contribution in [0.1, 0.15) is 92.4 Å². The van der Waals surface area contributed by atoms with Crippen LogP contribution in [-0.2, 0) is 14.3 Å². The molecule has 0 N–H and O–H groups in total. The van der Waals surface area contributed by atoms with E-state index in [0.717, 1.165) is 43.2 Å². The Balaban J connectivity index is 1.36. The van der Waals surface area contributed by atoms with Gasteiger partial charge in [-0.15, -0.1) is 0 Å². The Kier molecular flexibility index (Phi) is 15.5. The number of benzene rings is 3. The first kappa shape index (κ1) is 41.8. The first-order valence-corrected chi connectivity index (χ1v) is 16.9. The second-order valence-corrected chi connectivity index (χ2v) is 12.1. The summed E-state index contributed by atoms with van der Waals surface area (Å²) in [6.45, 7) is 3.55. The average Bonchev–Trinajstić information content (AvgIpc) is 3.11. The molecule has 0 saturated carbocycles. The molecule has 14 heteroatoms. The summed E-state index contributed by atoms with van der Waals surface area (Å²) in [5.41, 5.74) is 2.36. The van der Waals surface area contributed by atoms with Crippen molar-refractivity contribution in [1.29, 1.82) is 0 Å². The number of alkyl halides is 7. The van der Waals surface area contributed by atoms with Crippen molar-refractivity contribution >= 4 is 17.9 Å². The summed E-state index contributed by atoms with van der Waals surface area (Å²) >= 11 is 0. The highest BCUT2D eigenvalue weighted by atomic mass is 19.4. The maximum absolute atomic E-state index is 13.3. The van der Waals surface area contributed by atoms with E-state index in [1.165, 1.54) is 12.1 Å². The molecule has 0 heterocycles. The molecule has 7 nitrogen and oxygen atoms in total. The third-order valence-corrected chi connectivity index (χ3v) is 7.93. The molecule has 0 aliphatic heterocycles. The Hall–Kier alpha value is -4.62. The van der Waals surface area contributed by atoms with Gasteiger partial charge in [0.15, 0.2) is 0 Å². The highest BCUT2D eigenvalue weighted by Crippen LogP contribution is 2.47. The SMILES string of the molecule is CCCCCCC(C)OC(=O)c1ccc(OC(=O)c2ccc(-c3ccc(OCCCCCCOC(=O)C(F)(F)C(F)(F)C(F)(F)F)cc3)cc2)cc1. The molecule has 0 bridgehead atoms. The van der Waals surface area contributed by atoms with Gasteiger partial charge in [0, 0.05) is 0 Å². The zero-order valence-electron chi connectivity index (χ0n) is 28.8. The Morgan fingerprint density at radius 1 is 0.615 bits per heavy atom. The molecule has 0 radical (unpaired) electrons. The fourth-order valence-corrected chi connectivity index (χ4v) is 4.85. The van der Waals surface area contributed by atoms with Gasteiger partial charge in [-0.1, -0.05) is 50.5 Å². The second-order valence-electron chi connectivity index (χ2n) is 12.1. The van der Waals surface area contributed by atoms with Crippen LogP contribution in [0, 0.1) is 0 Å². The van der Waals surface area contributed by atoms with Crippen LogP contribution in [0.4, 0.5) is 30.7 Å². The van der Waals surface area contributed by atoms with Crippen molar-refractivity contribution in [2.75, 3.05) is 13.2 Å². The molecule has 284 valence electrons. The van der Waals surface area contributed by atoms with Gasteiger partial charge in [0.05, 0.1) is 30.4 Å². The number of hydrogen-bond acceptors (Lipinski definition) is 7. The number of hydrogen-bond donors (Lipinski definition) is 0. The van der Waals surface area contributed by atoms with E-state index in [2.05, 4.69) is 11.7 Å². The molecule has 3 aromatic carbocycles. The van der Waals surface area contributed by atoms with Crippen molar-refractivity contribution in [2.45, 2.75) is 95.8 Å². The van der Waals surface area contributed by atoms with Crippen LogP contribution < -0.4 is 9.47 Å². The van der Waals surface area contributed by atoms with Gasteiger partial charge in [0.2, 0.25) is 0 Å². The van der Waals surface area contributed by atoms with Crippen LogP contribution in [-0.4, -0.2) is 55.2 Å². The largest absolute Gasteiger partial charge is 0.494 e. The lowest BCUT2D eigenvalue weighted by molar-refractivity contribution is -0.348. The van der Waals surface area contributed by atoms with Gasteiger partial charge in [0.1, 0.15) is 11.5 Å². The molecule has 0 spiro atoms. The molecule has 0 fully saturated rings.